The van der Waals surface area contributed by atoms with Crippen LogP contribution >= 0.6 is 11.6 Å². The van der Waals surface area contributed by atoms with Gasteiger partial charge in [0.05, 0.1) is 35.4 Å². The number of ketones is 1. The zero-order valence-corrected chi connectivity index (χ0v) is 17.6. The molecule has 0 aliphatic carbocycles. The summed E-state index contributed by atoms with van der Waals surface area (Å²) < 4.78 is 3.34. The van der Waals surface area contributed by atoms with E-state index in [0.717, 1.165) is 16.9 Å². The Hall–Kier alpha value is -3.71. The van der Waals surface area contributed by atoms with Crippen LogP contribution in [0.4, 0.5) is 5.69 Å². The lowest BCUT2D eigenvalue weighted by molar-refractivity contribution is -0.115. The molecule has 1 N–H and O–H groups in total. The van der Waals surface area contributed by atoms with E-state index >= 15 is 0 Å². The maximum atomic E-state index is 12.7. The van der Waals surface area contributed by atoms with E-state index in [2.05, 4.69) is 15.5 Å². The molecule has 31 heavy (non-hydrogen) atoms. The number of Topliss-reactive ketones (excluding diaryl/α,β-unsaturated/α-hetero) is 1. The number of aromatic nitrogens is 4. The fraction of sp³-hybridized carbons (Fsp3) is 0.130. The molecule has 4 aromatic rings. The summed E-state index contributed by atoms with van der Waals surface area (Å²) in [5, 5.41) is 11.7. The molecule has 1 amide bonds. The van der Waals surface area contributed by atoms with Crippen molar-refractivity contribution in [2.75, 3.05) is 5.32 Å². The molecule has 0 saturated carbocycles. The highest BCUT2D eigenvalue weighted by Crippen LogP contribution is 2.21. The number of anilines is 1. The Morgan fingerprint density at radius 1 is 1.03 bits per heavy atom. The highest BCUT2D eigenvalue weighted by atomic mass is 35.5. The van der Waals surface area contributed by atoms with Gasteiger partial charge in [-0.3, -0.25) is 14.3 Å². The Kier molecular flexibility index (Phi) is 5.95. The minimum atomic E-state index is -0.187. The quantitative estimate of drug-likeness (QED) is 0.448. The summed E-state index contributed by atoms with van der Waals surface area (Å²) in [5.74, 6) is -0.190. The average Bonchev–Trinajstić information content (AvgIpc) is 3.39. The minimum Gasteiger partial charge on any atom is -0.324 e. The Balaban J connectivity index is 1.44. The lowest BCUT2D eigenvalue weighted by atomic mass is 10.1. The van der Waals surface area contributed by atoms with Gasteiger partial charge >= 0.3 is 0 Å². The van der Waals surface area contributed by atoms with Gasteiger partial charge in [-0.2, -0.15) is 10.2 Å². The highest BCUT2D eigenvalue weighted by molar-refractivity contribution is 6.33. The molecule has 0 unspecified atom stereocenters. The minimum absolute atomic E-state index is 0.00283. The zero-order valence-electron chi connectivity index (χ0n) is 16.8. The summed E-state index contributed by atoms with van der Waals surface area (Å²) in [6, 6.07) is 16.2. The molecule has 0 radical (unpaired) electrons. The van der Waals surface area contributed by atoms with Crippen LogP contribution in [0.5, 0.6) is 0 Å². The number of hydrogen-bond acceptors (Lipinski definition) is 4. The first-order valence-electron chi connectivity index (χ1n) is 9.68. The lowest BCUT2D eigenvalue weighted by Crippen LogP contribution is -2.14. The van der Waals surface area contributed by atoms with Gasteiger partial charge in [-0.05, 0) is 35.9 Å². The SMILES string of the molecule is Cn1nccc1CC(=O)c1cccc(-n2cc(CC(=O)Nc3ccccc3Cl)cn2)c1. The van der Waals surface area contributed by atoms with Gasteiger partial charge in [0.25, 0.3) is 0 Å². The number of halogens is 1. The molecule has 2 aromatic heterocycles. The molecular formula is C23H20ClN5O2. The van der Waals surface area contributed by atoms with Crippen molar-refractivity contribution in [3.05, 3.63) is 95.0 Å². The second kappa shape index (κ2) is 8.97. The number of rotatable bonds is 7. The molecule has 0 spiro atoms. The third kappa shape index (κ3) is 4.90. The number of para-hydroxylation sites is 1. The molecule has 2 heterocycles. The average molecular weight is 434 g/mol. The highest BCUT2D eigenvalue weighted by Gasteiger charge is 2.12. The number of carbonyl (C=O) groups excluding carboxylic acids is 2. The van der Waals surface area contributed by atoms with E-state index in [0.29, 0.717) is 16.3 Å². The monoisotopic (exact) mass is 433 g/mol. The Morgan fingerprint density at radius 2 is 1.87 bits per heavy atom. The van der Waals surface area contributed by atoms with Crippen molar-refractivity contribution in [1.29, 1.82) is 0 Å². The van der Waals surface area contributed by atoms with Crippen LogP contribution in [0.1, 0.15) is 21.6 Å². The van der Waals surface area contributed by atoms with Crippen molar-refractivity contribution < 1.29 is 9.59 Å². The first-order valence-corrected chi connectivity index (χ1v) is 10.1. The first kappa shape index (κ1) is 20.6. The molecule has 2 aromatic carbocycles. The van der Waals surface area contributed by atoms with E-state index in [1.54, 1.807) is 58.3 Å². The fourth-order valence-corrected chi connectivity index (χ4v) is 3.38. The Morgan fingerprint density at radius 3 is 2.65 bits per heavy atom. The van der Waals surface area contributed by atoms with Crippen LogP contribution in [0.15, 0.2) is 73.2 Å². The Labute approximate surface area is 184 Å². The number of carbonyl (C=O) groups is 2. The number of hydrogen-bond donors (Lipinski definition) is 1. The van der Waals surface area contributed by atoms with Gasteiger partial charge < -0.3 is 5.32 Å². The van der Waals surface area contributed by atoms with Gasteiger partial charge in [0, 0.05) is 30.7 Å². The third-order valence-corrected chi connectivity index (χ3v) is 5.18. The van der Waals surface area contributed by atoms with Crippen LogP contribution in [0.25, 0.3) is 5.69 Å². The van der Waals surface area contributed by atoms with Gasteiger partial charge in [-0.1, -0.05) is 35.9 Å². The molecule has 4 rings (SSSR count). The van der Waals surface area contributed by atoms with E-state index in [-0.39, 0.29) is 24.5 Å². The summed E-state index contributed by atoms with van der Waals surface area (Å²) in [4.78, 5) is 25.0. The molecule has 0 bridgehead atoms. The van der Waals surface area contributed by atoms with Gasteiger partial charge in [-0.15, -0.1) is 0 Å². The van der Waals surface area contributed by atoms with Gasteiger partial charge in [0.1, 0.15) is 0 Å². The zero-order chi connectivity index (χ0) is 21.8. The lowest BCUT2D eigenvalue weighted by Gasteiger charge is -2.06. The third-order valence-electron chi connectivity index (χ3n) is 4.85. The summed E-state index contributed by atoms with van der Waals surface area (Å²) in [5.41, 5.74) is 3.50. The number of amides is 1. The maximum Gasteiger partial charge on any atom is 0.228 e. The number of nitrogens with zero attached hydrogens (tertiary/aromatic N) is 4. The van der Waals surface area contributed by atoms with Crippen molar-refractivity contribution in [1.82, 2.24) is 19.6 Å². The normalized spacial score (nSPS) is 10.8. The summed E-state index contributed by atoms with van der Waals surface area (Å²) >= 11 is 6.09. The predicted octanol–water partition coefficient (Wildman–Crippen LogP) is 3.87. The molecule has 156 valence electrons. The van der Waals surface area contributed by atoms with Gasteiger partial charge in [-0.25, -0.2) is 4.68 Å². The predicted molar refractivity (Wildman–Crippen MR) is 119 cm³/mol. The number of benzene rings is 2. The van der Waals surface area contributed by atoms with Crippen LogP contribution < -0.4 is 5.32 Å². The second-order valence-corrected chi connectivity index (χ2v) is 7.50. The van der Waals surface area contributed by atoms with Crippen LogP contribution in [-0.2, 0) is 24.7 Å². The van der Waals surface area contributed by atoms with Gasteiger partial charge in [0.2, 0.25) is 5.91 Å². The van der Waals surface area contributed by atoms with E-state index in [1.165, 1.54) is 0 Å². The van der Waals surface area contributed by atoms with E-state index < -0.39 is 0 Å². The summed E-state index contributed by atoms with van der Waals surface area (Å²) in [6.45, 7) is 0. The molecular weight excluding hydrogens is 414 g/mol. The number of nitrogens with one attached hydrogen (secondary N) is 1. The topological polar surface area (TPSA) is 81.8 Å². The molecule has 0 aliphatic heterocycles. The maximum absolute atomic E-state index is 12.7. The van der Waals surface area contributed by atoms with Crippen LogP contribution in [0.2, 0.25) is 5.02 Å². The summed E-state index contributed by atoms with van der Waals surface area (Å²) in [6.07, 6.45) is 5.51. The van der Waals surface area contributed by atoms with Crippen LogP contribution in [0.3, 0.4) is 0 Å². The smallest absolute Gasteiger partial charge is 0.228 e. The van der Waals surface area contributed by atoms with E-state index in [4.69, 9.17) is 11.6 Å². The molecule has 7 nitrogen and oxygen atoms in total. The van der Waals surface area contributed by atoms with E-state index in [9.17, 15) is 9.59 Å². The standard InChI is InChI=1S/C23H20ClN5O2/c1-28-18(9-10-25-28)13-22(30)17-5-4-6-19(12-17)29-15-16(14-26-29)11-23(31)27-21-8-3-2-7-20(21)24/h2-10,12,14-15H,11,13H2,1H3,(H,27,31). The molecule has 0 fully saturated rings. The molecule has 0 atom stereocenters. The van der Waals surface area contributed by atoms with Crippen molar-refractivity contribution >= 4 is 29.0 Å². The largest absolute Gasteiger partial charge is 0.324 e. The van der Waals surface area contributed by atoms with Crippen molar-refractivity contribution in [3.8, 4) is 5.69 Å². The molecule has 8 heteroatoms. The molecule has 0 aliphatic rings. The van der Waals surface area contributed by atoms with Crippen molar-refractivity contribution in [2.45, 2.75) is 12.8 Å². The van der Waals surface area contributed by atoms with E-state index in [1.807, 2.05) is 31.3 Å². The van der Waals surface area contributed by atoms with Crippen LogP contribution in [-0.4, -0.2) is 31.3 Å². The second-order valence-electron chi connectivity index (χ2n) is 7.09. The van der Waals surface area contributed by atoms with Crippen molar-refractivity contribution in [3.63, 3.8) is 0 Å². The first-order chi connectivity index (χ1) is 15.0. The fourth-order valence-electron chi connectivity index (χ4n) is 3.20. The number of aryl methyl sites for hydroxylation is 1. The summed E-state index contributed by atoms with van der Waals surface area (Å²) in [7, 11) is 1.81. The Bertz CT molecular complexity index is 1240. The van der Waals surface area contributed by atoms with Crippen LogP contribution in [0, 0.1) is 0 Å². The van der Waals surface area contributed by atoms with Gasteiger partial charge in [0.15, 0.2) is 5.78 Å². The van der Waals surface area contributed by atoms with Crippen molar-refractivity contribution in [2.24, 2.45) is 7.05 Å². The molecule has 0 saturated heterocycles.